The monoisotopic (exact) mass is 428 g/mol. The lowest BCUT2D eigenvalue weighted by Crippen LogP contribution is -2.14. The Kier molecular flexibility index (Phi) is 6.28. The Morgan fingerprint density at radius 2 is 1.67 bits per heavy atom. The molecule has 0 aliphatic rings. The summed E-state index contributed by atoms with van der Waals surface area (Å²) >= 11 is 0. The first-order valence-electron chi connectivity index (χ1n) is 9.36. The fraction of sp³-hybridized carbons (Fsp3) is 0.227. The Labute approximate surface area is 176 Å². The van der Waals surface area contributed by atoms with Crippen molar-refractivity contribution >= 4 is 16.0 Å². The lowest BCUT2D eigenvalue weighted by atomic mass is 10.2. The van der Waals surface area contributed by atoms with Crippen LogP contribution in [0, 0.1) is 20.8 Å². The molecule has 0 aliphatic heterocycles. The molecule has 0 fully saturated rings. The molecule has 0 saturated heterocycles. The van der Waals surface area contributed by atoms with Gasteiger partial charge in [-0.15, -0.1) is 0 Å². The molecule has 3 aromatic rings. The van der Waals surface area contributed by atoms with Gasteiger partial charge in [0, 0.05) is 17.1 Å². The van der Waals surface area contributed by atoms with Gasteiger partial charge in [0.25, 0.3) is 0 Å². The van der Waals surface area contributed by atoms with Crippen molar-refractivity contribution in [2.45, 2.75) is 25.7 Å². The van der Waals surface area contributed by atoms with Crippen molar-refractivity contribution in [3.63, 3.8) is 0 Å². The molecule has 0 bridgehead atoms. The van der Waals surface area contributed by atoms with E-state index in [-0.39, 0.29) is 18.1 Å². The predicted octanol–water partition coefficient (Wildman–Crippen LogP) is 3.29. The van der Waals surface area contributed by atoms with Crippen LogP contribution in [0.3, 0.4) is 0 Å². The average Bonchev–Trinajstić information content (AvgIpc) is 2.99. The molecule has 0 radical (unpaired) electrons. The number of aromatic nitrogens is 1. The van der Waals surface area contributed by atoms with Gasteiger partial charge >= 0.3 is 5.97 Å². The number of ether oxygens (including phenoxy) is 2. The van der Waals surface area contributed by atoms with Crippen LogP contribution in [0.2, 0.25) is 0 Å². The number of nitrogens with two attached hydrogens (primary N) is 1. The Bertz CT molecular complexity index is 1160. The molecule has 2 aromatic carbocycles. The second-order valence-electron chi connectivity index (χ2n) is 6.91. The van der Waals surface area contributed by atoms with E-state index in [1.54, 1.807) is 0 Å². The third kappa shape index (κ3) is 4.72. The highest BCUT2D eigenvalue weighted by Crippen LogP contribution is 2.23. The van der Waals surface area contributed by atoms with Crippen molar-refractivity contribution in [2.24, 2.45) is 5.14 Å². The summed E-state index contributed by atoms with van der Waals surface area (Å²) in [5.74, 6) is 0.0345. The van der Waals surface area contributed by atoms with Crippen LogP contribution in [0.5, 0.6) is 5.75 Å². The number of carbonyl (C=O) groups excluding carboxylic acids is 1. The van der Waals surface area contributed by atoms with Crippen molar-refractivity contribution in [3.8, 4) is 11.4 Å². The Balaban J connectivity index is 1.61. The highest BCUT2D eigenvalue weighted by Gasteiger charge is 2.18. The fourth-order valence-electron chi connectivity index (χ4n) is 3.25. The summed E-state index contributed by atoms with van der Waals surface area (Å²) in [6.45, 7) is 6.06. The van der Waals surface area contributed by atoms with Gasteiger partial charge in [-0.05, 0) is 62.7 Å². The lowest BCUT2D eigenvalue weighted by Gasteiger charge is -2.12. The minimum absolute atomic E-state index is 0.00490. The summed E-state index contributed by atoms with van der Waals surface area (Å²) < 4.78 is 35.4. The molecular weight excluding hydrogens is 404 g/mol. The van der Waals surface area contributed by atoms with Crippen LogP contribution in [0.1, 0.15) is 27.3 Å². The number of hydrogen-bond donors (Lipinski definition) is 1. The molecule has 0 atom stereocenters. The second kappa shape index (κ2) is 8.73. The maximum absolute atomic E-state index is 12.5. The van der Waals surface area contributed by atoms with Crippen molar-refractivity contribution in [1.82, 2.24) is 4.57 Å². The molecule has 0 unspecified atom stereocenters. The molecule has 0 saturated carbocycles. The van der Waals surface area contributed by atoms with Crippen LogP contribution in [-0.2, 0) is 14.8 Å². The van der Waals surface area contributed by atoms with E-state index in [0.717, 1.165) is 22.6 Å². The molecule has 3 rings (SSSR count). The van der Waals surface area contributed by atoms with Gasteiger partial charge in [-0.25, -0.2) is 18.4 Å². The van der Waals surface area contributed by atoms with Gasteiger partial charge < -0.3 is 14.0 Å². The van der Waals surface area contributed by atoms with Gasteiger partial charge in [-0.1, -0.05) is 18.2 Å². The second-order valence-corrected chi connectivity index (χ2v) is 8.47. The summed E-state index contributed by atoms with van der Waals surface area (Å²) in [5, 5.41) is 5.06. The molecule has 8 heteroatoms. The summed E-state index contributed by atoms with van der Waals surface area (Å²) in [5.41, 5.74) is 4.40. The summed E-state index contributed by atoms with van der Waals surface area (Å²) in [6, 6.07) is 15.5. The maximum atomic E-state index is 12.5. The van der Waals surface area contributed by atoms with E-state index in [0.29, 0.717) is 11.3 Å². The number of para-hydroxylation sites is 1. The first-order valence-corrected chi connectivity index (χ1v) is 10.9. The topological polar surface area (TPSA) is 101 Å². The van der Waals surface area contributed by atoms with Crippen LogP contribution < -0.4 is 9.88 Å². The van der Waals surface area contributed by atoms with Crippen LogP contribution in [-0.4, -0.2) is 32.2 Å². The van der Waals surface area contributed by atoms with E-state index >= 15 is 0 Å². The normalized spacial score (nSPS) is 11.3. The first kappa shape index (κ1) is 21.6. The fourth-order valence-corrected chi connectivity index (χ4v) is 3.77. The SMILES string of the molecule is Cc1ccccc1-n1c(C)cc(C(=O)OCCOc2ccc(S(N)(=O)=O)cc2)c1C. The zero-order chi connectivity index (χ0) is 21.9. The molecular formula is C22H24N2O5S. The van der Waals surface area contributed by atoms with E-state index in [1.165, 1.54) is 24.3 Å². The lowest BCUT2D eigenvalue weighted by molar-refractivity contribution is 0.0449. The standard InChI is InChI=1S/C22H24N2O5S/c1-15-6-4-5-7-21(15)24-16(2)14-20(17(24)3)22(25)29-13-12-28-18-8-10-19(11-9-18)30(23,26)27/h4-11,14H,12-13H2,1-3H3,(H2,23,26,27). The molecule has 30 heavy (non-hydrogen) atoms. The van der Waals surface area contributed by atoms with Gasteiger partial charge in [0.2, 0.25) is 10.0 Å². The van der Waals surface area contributed by atoms with Gasteiger partial charge in [-0.3, -0.25) is 0 Å². The van der Waals surface area contributed by atoms with Crippen LogP contribution in [0.25, 0.3) is 5.69 Å². The third-order valence-electron chi connectivity index (χ3n) is 4.74. The smallest absolute Gasteiger partial charge is 0.340 e. The number of primary sulfonamides is 1. The number of esters is 1. The van der Waals surface area contributed by atoms with E-state index in [9.17, 15) is 13.2 Å². The van der Waals surface area contributed by atoms with Crippen molar-refractivity contribution in [1.29, 1.82) is 0 Å². The van der Waals surface area contributed by atoms with Crippen LogP contribution in [0.15, 0.2) is 59.5 Å². The maximum Gasteiger partial charge on any atom is 0.340 e. The quantitative estimate of drug-likeness (QED) is 0.460. The number of benzene rings is 2. The zero-order valence-electron chi connectivity index (χ0n) is 17.1. The van der Waals surface area contributed by atoms with Crippen molar-refractivity contribution in [3.05, 3.63) is 77.1 Å². The minimum Gasteiger partial charge on any atom is -0.490 e. The van der Waals surface area contributed by atoms with Crippen molar-refractivity contribution in [2.75, 3.05) is 13.2 Å². The highest BCUT2D eigenvalue weighted by molar-refractivity contribution is 7.89. The molecule has 1 aromatic heterocycles. The largest absolute Gasteiger partial charge is 0.490 e. The van der Waals surface area contributed by atoms with Gasteiger partial charge in [-0.2, -0.15) is 0 Å². The zero-order valence-corrected chi connectivity index (χ0v) is 17.9. The number of sulfonamides is 1. The number of aryl methyl sites for hydroxylation is 2. The number of hydrogen-bond acceptors (Lipinski definition) is 5. The van der Waals surface area contributed by atoms with Crippen LogP contribution >= 0.6 is 0 Å². The first-order chi connectivity index (χ1) is 14.2. The van der Waals surface area contributed by atoms with Gasteiger partial charge in [0.05, 0.1) is 10.5 Å². The van der Waals surface area contributed by atoms with E-state index in [4.69, 9.17) is 14.6 Å². The minimum atomic E-state index is -3.74. The van der Waals surface area contributed by atoms with Crippen LogP contribution in [0.4, 0.5) is 0 Å². The highest BCUT2D eigenvalue weighted by atomic mass is 32.2. The van der Waals surface area contributed by atoms with E-state index in [1.807, 2.05) is 55.7 Å². The van der Waals surface area contributed by atoms with E-state index < -0.39 is 16.0 Å². The number of carbonyl (C=O) groups is 1. The summed E-state index contributed by atoms with van der Waals surface area (Å²) in [6.07, 6.45) is 0. The Morgan fingerprint density at radius 3 is 2.30 bits per heavy atom. The Morgan fingerprint density at radius 1 is 1.00 bits per heavy atom. The van der Waals surface area contributed by atoms with Gasteiger partial charge in [0.15, 0.2) is 0 Å². The average molecular weight is 429 g/mol. The molecule has 0 aliphatic carbocycles. The summed E-state index contributed by atoms with van der Waals surface area (Å²) in [4.78, 5) is 12.5. The van der Waals surface area contributed by atoms with E-state index in [2.05, 4.69) is 0 Å². The van der Waals surface area contributed by atoms with Crippen molar-refractivity contribution < 1.29 is 22.7 Å². The molecule has 0 amide bonds. The molecule has 2 N–H and O–H groups in total. The number of rotatable bonds is 7. The predicted molar refractivity (Wildman–Crippen MR) is 114 cm³/mol. The third-order valence-corrected chi connectivity index (χ3v) is 5.67. The molecule has 1 heterocycles. The molecule has 7 nitrogen and oxygen atoms in total. The summed E-state index contributed by atoms with van der Waals surface area (Å²) in [7, 11) is -3.74. The molecule has 158 valence electrons. The Hall–Kier alpha value is -3.10. The van der Waals surface area contributed by atoms with Gasteiger partial charge in [0.1, 0.15) is 19.0 Å². The number of nitrogens with zero attached hydrogens (tertiary/aromatic N) is 1. The molecule has 0 spiro atoms.